The number of hydrogen-bond donors (Lipinski definition) is 1. The number of anilines is 1. The van der Waals surface area contributed by atoms with E-state index in [4.69, 9.17) is 0 Å². The maximum atomic E-state index is 4.68. The Kier molecular flexibility index (Phi) is 5.17. The predicted molar refractivity (Wildman–Crippen MR) is 91.6 cm³/mol. The van der Waals surface area contributed by atoms with E-state index in [0.29, 0.717) is 0 Å². The molecular weight excluding hydrogens is 326 g/mol. The molecule has 2 fully saturated rings. The van der Waals surface area contributed by atoms with E-state index < -0.39 is 0 Å². The molecule has 4 heteroatoms. The van der Waals surface area contributed by atoms with Crippen LogP contribution in [0.25, 0.3) is 0 Å². The van der Waals surface area contributed by atoms with Crippen molar-refractivity contribution in [1.82, 2.24) is 10.3 Å². The summed E-state index contributed by atoms with van der Waals surface area (Å²) in [4.78, 5) is 7.05. The number of pyridine rings is 1. The van der Waals surface area contributed by atoms with Crippen molar-refractivity contribution in [3.8, 4) is 0 Å². The molecule has 0 aliphatic heterocycles. The van der Waals surface area contributed by atoms with E-state index in [2.05, 4.69) is 44.2 Å². The van der Waals surface area contributed by atoms with Crippen LogP contribution in [0.1, 0.15) is 50.5 Å². The summed E-state index contributed by atoms with van der Waals surface area (Å²) in [6.45, 7) is 2.08. The molecule has 21 heavy (non-hydrogen) atoms. The van der Waals surface area contributed by atoms with Gasteiger partial charge in [0.2, 0.25) is 0 Å². The van der Waals surface area contributed by atoms with E-state index in [-0.39, 0.29) is 0 Å². The van der Waals surface area contributed by atoms with Crippen LogP contribution < -0.4 is 10.2 Å². The molecule has 0 unspecified atom stereocenters. The molecule has 1 aromatic rings. The smallest absolute Gasteiger partial charge is 0.132 e. The number of rotatable bonds is 6. The van der Waals surface area contributed by atoms with E-state index in [9.17, 15) is 0 Å². The van der Waals surface area contributed by atoms with Crippen LogP contribution in [0.4, 0.5) is 5.82 Å². The second kappa shape index (κ2) is 7.10. The molecule has 2 aliphatic carbocycles. The van der Waals surface area contributed by atoms with Crippen LogP contribution in [0.15, 0.2) is 16.7 Å². The Morgan fingerprint density at radius 1 is 1.24 bits per heavy atom. The van der Waals surface area contributed by atoms with Crippen LogP contribution in [-0.2, 0) is 6.54 Å². The van der Waals surface area contributed by atoms with Crippen LogP contribution in [0.3, 0.4) is 0 Å². The normalized spacial score (nSPS) is 19.7. The third-order valence-electron chi connectivity index (χ3n) is 4.69. The van der Waals surface area contributed by atoms with Crippen LogP contribution >= 0.6 is 15.9 Å². The zero-order valence-electron chi connectivity index (χ0n) is 12.9. The lowest BCUT2D eigenvalue weighted by molar-refractivity contribution is 0.361. The zero-order valence-corrected chi connectivity index (χ0v) is 14.5. The average molecular weight is 352 g/mol. The number of nitrogens with one attached hydrogen (secondary N) is 1. The van der Waals surface area contributed by atoms with Crippen LogP contribution in [0, 0.1) is 5.92 Å². The highest BCUT2D eigenvalue weighted by atomic mass is 79.9. The molecule has 0 saturated heterocycles. The van der Waals surface area contributed by atoms with Gasteiger partial charge in [0.1, 0.15) is 5.82 Å². The average Bonchev–Trinajstić information content (AvgIpc) is 3.30. The molecule has 1 N–H and O–H groups in total. The molecule has 0 radical (unpaired) electrons. The van der Waals surface area contributed by atoms with Gasteiger partial charge < -0.3 is 10.2 Å². The third kappa shape index (κ3) is 4.43. The molecule has 3 rings (SSSR count). The lowest BCUT2D eigenvalue weighted by atomic mass is 9.89. The maximum absolute atomic E-state index is 4.68. The summed E-state index contributed by atoms with van der Waals surface area (Å²) in [7, 11) is 2.20. The molecule has 3 nitrogen and oxygen atoms in total. The first-order valence-corrected chi connectivity index (χ1v) is 9.10. The fraction of sp³-hybridized carbons (Fsp3) is 0.706. The Bertz CT molecular complexity index is 467. The molecular formula is C17H26BrN3. The molecule has 2 aliphatic rings. The first kappa shape index (κ1) is 15.3. The van der Waals surface area contributed by atoms with E-state index in [1.54, 1.807) is 0 Å². The SMILES string of the molecule is CN(CC1CCCCC1)c1ncc(Br)cc1CNC1CC1. The molecule has 0 atom stereocenters. The number of halogens is 1. The zero-order chi connectivity index (χ0) is 14.7. The van der Waals surface area contributed by atoms with E-state index >= 15 is 0 Å². The van der Waals surface area contributed by atoms with E-state index in [1.807, 2.05) is 6.20 Å². The molecule has 116 valence electrons. The van der Waals surface area contributed by atoms with E-state index in [0.717, 1.165) is 35.3 Å². The Balaban J connectivity index is 1.66. The first-order chi connectivity index (χ1) is 10.2. The third-order valence-corrected chi connectivity index (χ3v) is 5.12. The molecule has 1 heterocycles. The van der Waals surface area contributed by atoms with Crippen molar-refractivity contribution >= 4 is 21.7 Å². The van der Waals surface area contributed by atoms with Gasteiger partial charge in [-0.1, -0.05) is 19.3 Å². The second-order valence-electron chi connectivity index (χ2n) is 6.68. The van der Waals surface area contributed by atoms with Crippen molar-refractivity contribution in [2.75, 3.05) is 18.5 Å². The molecule has 0 bridgehead atoms. The topological polar surface area (TPSA) is 28.2 Å². The molecule has 0 aromatic carbocycles. The van der Waals surface area contributed by atoms with Gasteiger partial charge in [-0.25, -0.2) is 4.98 Å². The first-order valence-electron chi connectivity index (χ1n) is 8.31. The number of hydrogen-bond acceptors (Lipinski definition) is 3. The number of aromatic nitrogens is 1. The van der Waals surface area contributed by atoms with E-state index in [1.165, 1.54) is 50.5 Å². The van der Waals surface area contributed by atoms with Crippen LogP contribution in [-0.4, -0.2) is 24.6 Å². The van der Waals surface area contributed by atoms with Gasteiger partial charge in [-0.2, -0.15) is 0 Å². The molecule has 2 saturated carbocycles. The summed E-state index contributed by atoms with van der Waals surface area (Å²) in [6.07, 6.45) is 11.6. The lowest BCUT2D eigenvalue weighted by Gasteiger charge is -2.29. The van der Waals surface area contributed by atoms with Gasteiger partial charge in [0, 0.05) is 42.4 Å². The molecule has 1 aromatic heterocycles. The van der Waals surface area contributed by atoms with Crippen LogP contribution in [0.2, 0.25) is 0 Å². The van der Waals surface area contributed by atoms with Crippen molar-refractivity contribution in [3.05, 3.63) is 22.3 Å². The summed E-state index contributed by atoms with van der Waals surface area (Å²) >= 11 is 3.56. The molecule has 0 amide bonds. The van der Waals surface area contributed by atoms with Crippen molar-refractivity contribution in [2.24, 2.45) is 5.92 Å². The highest BCUT2D eigenvalue weighted by molar-refractivity contribution is 9.10. The minimum absolute atomic E-state index is 0.737. The van der Waals surface area contributed by atoms with Gasteiger partial charge in [0.25, 0.3) is 0 Å². The van der Waals surface area contributed by atoms with Gasteiger partial charge >= 0.3 is 0 Å². The Morgan fingerprint density at radius 3 is 2.71 bits per heavy atom. The van der Waals surface area contributed by atoms with Gasteiger partial charge in [-0.05, 0) is 53.6 Å². The number of nitrogens with zero attached hydrogens (tertiary/aromatic N) is 2. The quantitative estimate of drug-likeness (QED) is 0.835. The highest BCUT2D eigenvalue weighted by Gasteiger charge is 2.22. The standard InChI is InChI=1S/C17H26BrN3/c1-21(12-13-5-3-2-4-6-13)17-14(9-15(18)11-20-17)10-19-16-7-8-16/h9,11,13,16,19H,2-8,10,12H2,1H3. The van der Waals surface area contributed by atoms with Gasteiger partial charge in [0.05, 0.1) is 0 Å². The van der Waals surface area contributed by atoms with Crippen molar-refractivity contribution in [1.29, 1.82) is 0 Å². The van der Waals surface area contributed by atoms with Gasteiger partial charge in [0.15, 0.2) is 0 Å². The summed E-state index contributed by atoms with van der Waals surface area (Å²) in [5.74, 6) is 2.00. The van der Waals surface area contributed by atoms with Gasteiger partial charge in [-0.15, -0.1) is 0 Å². The summed E-state index contributed by atoms with van der Waals surface area (Å²) in [5.41, 5.74) is 1.31. The van der Waals surface area contributed by atoms with Gasteiger partial charge in [-0.3, -0.25) is 0 Å². The Labute approximate surface area is 136 Å². The Morgan fingerprint density at radius 2 is 2.00 bits per heavy atom. The van der Waals surface area contributed by atoms with Crippen LogP contribution in [0.5, 0.6) is 0 Å². The largest absolute Gasteiger partial charge is 0.359 e. The predicted octanol–water partition coefficient (Wildman–Crippen LogP) is 4.11. The van der Waals surface area contributed by atoms with Crippen molar-refractivity contribution < 1.29 is 0 Å². The summed E-state index contributed by atoms with van der Waals surface area (Å²) in [6, 6.07) is 2.95. The second-order valence-corrected chi connectivity index (χ2v) is 7.59. The summed E-state index contributed by atoms with van der Waals surface area (Å²) in [5, 5.41) is 3.61. The maximum Gasteiger partial charge on any atom is 0.132 e. The summed E-state index contributed by atoms with van der Waals surface area (Å²) < 4.78 is 1.07. The fourth-order valence-electron chi connectivity index (χ4n) is 3.33. The minimum atomic E-state index is 0.737. The lowest BCUT2D eigenvalue weighted by Crippen LogP contribution is -2.29. The van der Waals surface area contributed by atoms with Crippen molar-refractivity contribution in [3.63, 3.8) is 0 Å². The van der Waals surface area contributed by atoms with Crippen molar-refractivity contribution in [2.45, 2.75) is 57.5 Å². The monoisotopic (exact) mass is 351 g/mol. The highest BCUT2D eigenvalue weighted by Crippen LogP contribution is 2.28. The Hall–Kier alpha value is -0.610. The molecule has 0 spiro atoms. The minimum Gasteiger partial charge on any atom is -0.359 e. The fourth-order valence-corrected chi connectivity index (χ4v) is 3.71.